The number of nitrogens with zero attached hydrogens (tertiary/aromatic N) is 4. The van der Waals surface area contributed by atoms with Gasteiger partial charge in [0.15, 0.2) is 0 Å². The number of aryl methyl sites for hydroxylation is 2. The largest absolute Gasteiger partial charge is 0.508 e. The third kappa shape index (κ3) is 9.27. The van der Waals surface area contributed by atoms with Gasteiger partial charge in [0.1, 0.15) is 18.4 Å². The number of amides is 1. The molecular weight excluding hydrogens is 548 g/mol. The van der Waals surface area contributed by atoms with Crippen molar-refractivity contribution in [2.24, 2.45) is 5.73 Å². The summed E-state index contributed by atoms with van der Waals surface area (Å²) in [6.07, 6.45) is 0. The molecular formula is C32H44N6O5. The maximum Gasteiger partial charge on any atom is 0.254 e. The summed E-state index contributed by atoms with van der Waals surface area (Å²) in [5.41, 5.74) is 17.9. The van der Waals surface area contributed by atoms with Crippen molar-refractivity contribution >= 4 is 35.1 Å². The molecule has 4 rings (SSSR count). The molecule has 0 fully saturated rings. The molecule has 0 saturated heterocycles. The summed E-state index contributed by atoms with van der Waals surface area (Å²) in [7, 11) is 3.58. The Kier molecular flexibility index (Phi) is 14.1. The highest BCUT2D eigenvalue weighted by atomic mass is 16.5. The van der Waals surface area contributed by atoms with Crippen molar-refractivity contribution in [2.45, 2.75) is 20.4 Å². The molecule has 1 amide bonds. The van der Waals surface area contributed by atoms with Crippen LogP contribution in [0.4, 0.5) is 11.4 Å². The van der Waals surface area contributed by atoms with E-state index in [-0.39, 0.29) is 19.1 Å². The van der Waals surface area contributed by atoms with Gasteiger partial charge in [-0.2, -0.15) is 0 Å². The van der Waals surface area contributed by atoms with E-state index in [1.807, 2.05) is 57.2 Å². The Morgan fingerprint density at radius 1 is 1.05 bits per heavy atom. The highest BCUT2D eigenvalue weighted by Crippen LogP contribution is 2.32. The number of hydrogen-bond donors (Lipinski definition) is 4. The van der Waals surface area contributed by atoms with Crippen molar-refractivity contribution in [3.05, 3.63) is 71.8 Å². The first-order valence-corrected chi connectivity index (χ1v) is 14.0. The van der Waals surface area contributed by atoms with Crippen molar-refractivity contribution in [1.29, 1.82) is 0 Å². The number of phenolic OH excluding ortho intramolecular Hbond substituents is 1. The Morgan fingerprint density at radius 2 is 1.74 bits per heavy atom. The van der Waals surface area contributed by atoms with Crippen LogP contribution in [0.15, 0.2) is 60.7 Å². The number of carbonyl (C=O) groups is 2. The number of methoxy groups -OCH3 is 1. The maximum absolute atomic E-state index is 13.0. The molecule has 0 aliphatic rings. The van der Waals surface area contributed by atoms with Crippen molar-refractivity contribution in [1.82, 2.24) is 14.5 Å². The molecule has 0 aliphatic carbocycles. The Hall–Kier alpha value is -4.45. The lowest BCUT2D eigenvalue weighted by Gasteiger charge is -2.21. The summed E-state index contributed by atoms with van der Waals surface area (Å²) in [5, 5.41) is 18.1. The minimum absolute atomic E-state index is 0.111. The molecule has 232 valence electrons. The normalized spacial score (nSPS) is 10.4. The number of aromatic hydroxyl groups is 1. The molecule has 0 aliphatic heterocycles. The molecule has 0 bridgehead atoms. The Balaban J connectivity index is 0.000000550. The van der Waals surface area contributed by atoms with Crippen molar-refractivity contribution in [3.8, 4) is 17.1 Å². The van der Waals surface area contributed by atoms with E-state index in [4.69, 9.17) is 31.1 Å². The SMILES string of the molecule is C=O.CCn1c(-c2cc(N(C)CCN)ccc2N)nc2cc(C(=O)N(CCO)CCOC)ccc21.Cc1ccc(O)cc1. The van der Waals surface area contributed by atoms with Crippen LogP contribution in [0.5, 0.6) is 5.75 Å². The number of benzene rings is 3. The van der Waals surface area contributed by atoms with E-state index in [9.17, 15) is 9.90 Å². The highest BCUT2D eigenvalue weighted by molar-refractivity contribution is 5.98. The second-order valence-corrected chi connectivity index (χ2v) is 9.71. The zero-order chi connectivity index (χ0) is 31.9. The number of rotatable bonds is 11. The summed E-state index contributed by atoms with van der Waals surface area (Å²) in [4.78, 5) is 29.6. The fourth-order valence-electron chi connectivity index (χ4n) is 4.45. The third-order valence-corrected chi connectivity index (χ3v) is 6.75. The molecule has 1 heterocycles. The van der Waals surface area contributed by atoms with E-state index in [0.717, 1.165) is 29.1 Å². The predicted octanol–water partition coefficient (Wildman–Crippen LogP) is 3.30. The summed E-state index contributed by atoms with van der Waals surface area (Å²) in [5.74, 6) is 0.917. The first kappa shape index (κ1) is 34.7. The monoisotopic (exact) mass is 592 g/mol. The number of aliphatic hydroxyl groups excluding tert-OH is 1. The van der Waals surface area contributed by atoms with Crippen LogP contribution in [0.25, 0.3) is 22.4 Å². The minimum atomic E-state index is -0.166. The second kappa shape index (κ2) is 17.5. The molecule has 0 spiro atoms. The number of likely N-dealkylation sites (N-methyl/N-ethyl adjacent to an activating group) is 1. The molecule has 11 nitrogen and oxygen atoms in total. The van der Waals surface area contributed by atoms with Crippen LogP contribution in [0.3, 0.4) is 0 Å². The van der Waals surface area contributed by atoms with Gasteiger partial charge in [-0.1, -0.05) is 17.7 Å². The zero-order valence-electron chi connectivity index (χ0n) is 25.5. The van der Waals surface area contributed by atoms with Crippen LogP contribution in [0, 0.1) is 6.92 Å². The number of fused-ring (bicyclic) bond motifs is 1. The number of hydrogen-bond acceptors (Lipinski definition) is 9. The number of anilines is 2. The second-order valence-electron chi connectivity index (χ2n) is 9.71. The van der Waals surface area contributed by atoms with Crippen molar-refractivity contribution in [2.75, 3.05) is 64.2 Å². The molecule has 0 atom stereocenters. The predicted molar refractivity (Wildman–Crippen MR) is 172 cm³/mol. The molecule has 43 heavy (non-hydrogen) atoms. The molecule has 0 saturated carbocycles. The summed E-state index contributed by atoms with van der Waals surface area (Å²) >= 11 is 0. The maximum atomic E-state index is 13.0. The number of aliphatic hydroxyl groups is 1. The van der Waals surface area contributed by atoms with E-state index < -0.39 is 0 Å². The molecule has 1 aromatic heterocycles. The molecule has 0 radical (unpaired) electrons. The van der Waals surface area contributed by atoms with Gasteiger partial charge in [-0.3, -0.25) is 4.79 Å². The van der Waals surface area contributed by atoms with Gasteiger partial charge in [-0.25, -0.2) is 4.98 Å². The fraction of sp³-hybridized carbons (Fsp3) is 0.344. The fourth-order valence-corrected chi connectivity index (χ4v) is 4.45. The Morgan fingerprint density at radius 3 is 2.33 bits per heavy atom. The molecule has 3 aromatic carbocycles. The van der Waals surface area contributed by atoms with Gasteiger partial charge in [-0.15, -0.1) is 0 Å². The van der Waals surface area contributed by atoms with Gasteiger partial charge in [-0.05, 0) is 62.4 Å². The molecule has 6 N–H and O–H groups in total. The van der Waals surface area contributed by atoms with E-state index in [1.165, 1.54) is 5.56 Å². The average molecular weight is 593 g/mol. The molecule has 4 aromatic rings. The quantitative estimate of drug-likeness (QED) is 0.192. The number of carbonyl (C=O) groups excluding carboxylic acids is 2. The number of imidazole rings is 1. The Labute approximate surface area is 253 Å². The van der Waals surface area contributed by atoms with E-state index in [2.05, 4.69) is 16.4 Å². The van der Waals surface area contributed by atoms with Gasteiger partial charge in [0.2, 0.25) is 0 Å². The minimum Gasteiger partial charge on any atom is -0.508 e. The van der Waals surface area contributed by atoms with Crippen LogP contribution >= 0.6 is 0 Å². The van der Waals surface area contributed by atoms with E-state index in [0.29, 0.717) is 48.8 Å². The van der Waals surface area contributed by atoms with Gasteiger partial charge < -0.3 is 45.6 Å². The topological polar surface area (TPSA) is 160 Å². The lowest BCUT2D eigenvalue weighted by molar-refractivity contribution is -0.0980. The third-order valence-electron chi connectivity index (χ3n) is 6.75. The van der Waals surface area contributed by atoms with Crippen LogP contribution < -0.4 is 16.4 Å². The van der Waals surface area contributed by atoms with Gasteiger partial charge >= 0.3 is 0 Å². The number of nitrogens with two attached hydrogens (primary N) is 2. The summed E-state index contributed by atoms with van der Waals surface area (Å²) in [6, 6.07) is 18.5. The molecule has 0 unspecified atom stereocenters. The standard InChI is InChI=1S/C24H34N6O3.C7H8O.CH2O/c1-4-30-22-8-5-17(24(32)29(11-13-31)12-14-33-3)15-21(22)27-23(30)19-16-18(6-7-20(19)26)28(2)10-9-25;1-6-2-4-7(8)5-3-6;1-2/h5-8,15-16,31H,4,9-14,25-26H2,1-3H3;2-5,8H,1H3;1H2. The summed E-state index contributed by atoms with van der Waals surface area (Å²) in [6.45, 7) is 8.96. The number of aromatic nitrogens is 2. The first-order valence-electron chi connectivity index (χ1n) is 14.0. The van der Waals surface area contributed by atoms with Crippen molar-refractivity contribution < 1.29 is 24.5 Å². The van der Waals surface area contributed by atoms with Crippen LogP contribution in [-0.2, 0) is 16.1 Å². The van der Waals surface area contributed by atoms with Crippen LogP contribution in [0.1, 0.15) is 22.8 Å². The Bertz CT molecular complexity index is 1420. The van der Waals surface area contributed by atoms with Crippen LogP contribution in [-0.4, -0.2) is 90.9 Å². The van der Waals surface area contributed by atoms with Gasteiger partial charge in [0.25, 0.3) is 5.91 Å². The zero-order valence-corrected chi connectivity index (χ0v) is 25.5. The van der Waals surface area contributed by atoms with Gasteiger partial charge in [0.05, 0.1) is 24.2 Å². The van der Waals surface area contributed by atoms with Crippen molar-refractivity contribution in [3.63, 3.8) is 0 Å². The lowest BCUT2D eigenvalue weighted by atomic mass is 10.1. The average Bonchev–Trinajstić information content (AvgIpc) is 3.39. The van der Waals surface area contributed by atoms with E-state index in [1.54, 1.807) is 36.3 Å². The first-order chi connectivity index (χ1) is 20.7. The number of nitrogen functional groups attached to an aromatic ring is 1. The smallest absolute Gasteiger partial charge is 0.254 e. The number of phenols is 1. The van der Waals surface area contributed by atoms with Gasteiger partial charge in [0, 0.05) is 69.4 Å². The summed E-state index contributed by atoms with van der Waals surface area (Å²) < 4.78 is 7.19. The number of ether oxygens (including phenoxy) is 1. The lowest BCUT2D eigenvalue weighted by Crippen LogP contribution is -2.36. The van der Waals surface area contributed by atoms with E-state index >= 15 is 0 Å². The van der Waals surface area contributed by atoms with Crippen LogP contribution in [0.2, 0.25) is 0 Å². The molecule has 11 heteroatoms. The highest BCUT2D eigenvalue weighted by Gasteiger charge is 2.19.